The van der Waals surface area contributed by atoms with E-state index in [1.807, 2.05) is 6.92 Å². The number of rotatable bonds is 4. The molecule has 112 valence electrons. The molecule has 2 heterocycles. The first-order valence-electron chi connectivity index (χ1n) is 6.51. The van der Waals surface area contributed by atoms with Crippen LogP contribution in [0, 0.1) is 5.92 Å². The number of nitrogens with zero attached hydrogens (tertiary/aromatic N) is 2. The van der Waals surface area contributed by atoms with Crippen molar-refractivity contribution in [1.29, 1.82) is 0 Å². The van der Waals surface area contributed by atoms with Gasteiger partial charge in [0.2, 0.25) is 0 Å². The number of carboxylic acids is 2. The van der Waals surface area contributed by atoms with E-state index in [0.29, 0.717) is 18.3 Å². The minimum Gasteiger partial charge on any atom is -0.478 e. The summed E-state index contributed by atoms with van der Waals surface area (Å²) in [6, 6.07) is 0. The van der Waals surface area contributed by atoms with Crippen LogP contribution in [0.2, 0.25) is 0 Å². The van der Waals surface area contributed by atoms with Gasteiger partial charge in [0.1, 0.15) is 6.10 Å². The molecule has 2 bridgehead atoms. The van der Waals surface area contributed by atoms with Crippen molar-refractivity contribution in [3.05, 3.63) is 12.2 Å². The molecule has 2 aliphatic rings. The highest BCUT2D eigenvalue weighted by Gasteiger charge is 2.33. The van der Waals surface area contributed by atoms with E-state index in [2.05, 4.69) is 10.1 Å². The molecule has 0 aliphatic carbocycles. The number of aliphatic carboxylic acids is 2. The van der Waals surface area contributed by atoms with Crippen molar-refractivity contribution in [3.63, 3.8) is 0 Å². The summed E-state index contributed by atoms with van der Waals surface area (Å²) in [7, 11) is 0. The summed E-state index contributed by atoms with van der Waals surface area (Å²) in [5, 5.41) is 19.5. The first-order chi connectivity index (χ1) is 9.51. The molecule has 2 N–H and O–H groups in total. The molecular weight excluding hydrogens is 264 g/mol. The Morgan fingerprint density at radius 3 is 2.40 bits per heavy atom. The van der Waals surface area contributed by atoms with Gasteiger partial charge in [-0.2, -0.15) is 0 Å². The molecule has 7 nitrogen and oxygen atoms in total. The van der Waals surface area contributed by atoms with E-state index in [9.17, 15) is 9.59 Å². The molecule has 0 aromatic rings. The molecule has 3 atom stereocenters. The number of hydrogen-bond donors (Lipinski definition) is 2. The molecule has 0 aromatic carbocycles. The first-order valence-corrected chi connectivity index (χ1v) is 6.51. The number of carboxylic acid groups (broad SMARTS) is 2. The fourth-order valence-electron chi connectivity index (χ4n) is 2.37. The highest BCUT2D eigenvalue weighted by Crippen LogP contribution is 2.28. The molecule has 0 saturated carbocycles. The van der Waals surface area contributed by atoms with Crippen molar-refractivity contribution < 1.29 is 24.6 Å². The summed E-state index contributed by atoms with van der Waals surface area (Å²) in [6.45, 7) is 5.52. The molecule has 0 amide bonds. The number of carbonyl (C=O) groups is 2. The zero-order chi connectivity index (χ0) is 15.0. The van der Waals surface area contributed by atoms with Gasteiger partial charge in [-0.1, -0.05) is 5.16 Å². The van der Waals surface area contributed by atoms with Crippen LogP contribution in [-0.2, 0) is 14.4 Å². The Labute approximate surface area is 117 Å². The van der Waals surface area contributed by atoms with Crippen LogP contribution in [0.1, 0.15) is 19.8 Å². The van der Waals surface area contributed by atoms with Crippen molar-refractivity contribution >= 4 is 18.2 Å². The lowest BCUT2D eigenvalue weighted by Gasteiger charge is -2.27. The third-order valence-electron chi connectivity index (χ3n) is 3.11. The maximum atomic E-state index is 9.55. The number of oxime groups is 1. The molecule has 0 radical (unpaired) electrons. The van der Waals surface area contributed by atoms with Gasteiger partial charge >= 0.3 is 11.9 Å². The average Bonchev–Trinajstić information content (AvgIpc) is 2.74. The van der Waals surface area contributed by atoms with Crippen LogP contribution in [0.25, 0.3) is 0 Å². The SMILES string of the molecule is CC=NOC1CC2CCN(C2)C1.O=C(O)/C=C/C(=O)O. The van der Waals surface area contributed by atoms with Crippen molar-refractivity contribution in [2.24, 2.45) is 11.1 Å². The van der Waals surface area contributed by atoms with Crippen LogP contribution in [0.4, 0.5) is 0 Å². The molecule has 20 heavy (non-hydrogen) atoms. The van der Waals surface area contributed by atoms with Crippen LogP contribution in [0.3, 0.4) is 0 Å². The molecule has 2 aliphatic heterocycles. The highest BCUT2D eigenvalue weighted by atomic mass is 16.6. The molecule has 2 fully saturated rings. The Bertz CT molecular complexity index is 366. The minimum absolute atomic E-state index is 0.349. The monoisotopic (exact) mass is 284 g/mol. The van der Waals surface area contributed by atoms with Crippen molar-refractivity contribution in [1.82, 2.24) is 4.90 Å². The Morgan fingerprint density at radius 1 is 1.25 bits per heavy atom. The van der Waals surface area contributed by atoms with Gasteiger partial charge in [-0.05, 0) is 32.2 Å². The molecule has 2 rings (SSSR count). The Kier molecular flexibility index (Phi) is 6.72. The number of piperidine rings is 1. The second-order valence-corrected chi connectivity index (χ2v) is 4.75. The largest absolute Gasteiger partial charge is 0.478 e. The summed E-state index contributed by atoms with van der Waals surface area (Å²) in [5.74, 6) is -1.64. The van der Waals surface area contributed by atoms with Gasteiger partial charge in [-0.25, -0.2) is 9.59 Å². The Morgan fingerprint density at radius 2 is 1.90 bits per heavy atom. The molecule has 7 heteroatoms. The predicted molar refractivity (Wildman–Crippen MR) is 72.6 cm³/mol. The number of fused-ring (bicyclic) bond motifs is 2. The lowest BCUT2D eigenvalue weighted by Crippen LogP contribution is -2.37. The van der Waals surface area contributed by atoms with Gasteiger partial charge in [-0.15, -0.1) is 0 Å². The van der Waals surface area contributed by atoms with Crippen molar-refractivity contribution in [2.45, 2.75) is 25.9 Å². The van der Waals surface area contributed by atoms with E-state index in [0.717, 1.165) is 12.5 Å². The summed E-state index contributed by atoms with van der Waals surface area (Å²) >= 11 is 0. The quantitative estimate of drug-likeness (QED) is 0.450. The average molecular weight is 284 g/mol. The van der Waals surface area contributed by atoms with E-state index < -0.39 is 11.9 Å². The summed E-state index contributed by atoms with van der Waals surface area (Å²) in [4.78, 5) is 26.9. The van der Waals surface area contributed by atoms with Gasteiger partial charge in [0.15, 0.2) is 0 Å². The van der Waals surface area contributed by atoms with Crippen molar-refractivity contribution in [3.8, 4) is 0 Å². The lowest BCUT2D eigenvalue weighted by atomic mass is 9.99. The molecule has 2 saturated heterocycles. The van der Waals surface area contributed by atoms with Crippen LogP contribution in [0.5, 0.6) is 0 Å². The van der Waals surface area contributed by atoms with Crippen LogP contribution < -0.4 is 0 Å². The predicted octanol–water partition coefficient (Wildman–Crippen LogP) is 0.815. The summed E-state index contributed by atoms with van der Waals surface area (Å²) in [6.07, 6.45) is 5.74. The standard InChI is InChI=1S/C9H16N2O.C4H4O4/c1-2-10-12-9-5-8-3-4-11(6-8)7-9;5-3(6)1-2-4(7)8/h2,8-9H,3-7H2,1H3;1-2H,(H,5,6)(H,7,8)/b;2-1+. The normalized spacial score (nSPS) is 28.1. The first kappa shape index (κ1) is 16.2. The van der Waals surface area contributed by atoms with Gasteiger partial charge in [-0.3, -0.25) is 4.90 Å². The van der Waals surface area contributed by atoms with Crippen LogP contribution >= 0.6 is 0 Å². The van der Waals surface area contributed by atoms with Crippen LogP contribution in [-0.4, -0.2) is 59.0 Å². The van der Waals surface area contributed by atoms with E-state index >= 15 is 0 Å². The Balaban J connectivity index is 0.000000221. The van der Waals surface area contributed by atoms with Gasteiger partial charge < -0.3 is 15.1 Å². The third kappa shape index (κ3) is 6.33. The minimum atomic E-state index is -1.26. The Hall–Kier alpha value is -1.89. The van der Waals surface area contributed by atoms with E-state index in [1.54, 1.807) is 6.21 Å². The molecule has 3 unspecified atom stereocenters. The lowest BCUT2D eigenvalue weighted by molar-refractivity contribution is -0.134. The highest BCUT2D eigenvalue weighted by molar-refractivity contribution is 5.89. The zero-order valence-corrected chi connectivity index (χ0v) is 11.4. The molecule has 0 spiro atoms. The van der Waals surface area contributed by atoms with Gasteiger partial charge in [0.25, 0.3) is 0 Å². The summed E-state index contributed by atoms with van der Waals surface area (Å²) in [5.41, 5.74) is 0. The fraction of sp³-hybridized carbons (Fsp3) is 0.615. The van der Waals surface area contributed by atoms with E-state index in [1.165, 1.54) is 25.9 Å². The van der Waals surface area contributed by atoms with Crippen molar-refractivity contribution in [2.75, 3.05) is 19.6 Å². The maximum absolute atomic E-state index is 9.55. The number of hydrogen-bond acceptors (Lipinski definition) is 5. The topological polar surface area (TPSA) is 99.4 Å². The fourth-order valence-corrected chi connectivity index (χ4v) is 2.37. The third-order valence-corrected chi connectivity index (χ3v) is 3.11. The van der Waals surface area contributed by atoms with E-state index in [-0.39, 0.29) is 0 Å². The molecular formula is C13H20N2O5. The maximum Gasteiger partial charge on any atom is 0.328 e. The van der Waals surface area contributed by atoms with Gasteiger partial charge in [0, 0.05) is 31.5 Å². The van der Waals surface area contributed by atoms with Crippen LogP contribution in [0.15, 0.2) is 17.3 Å². The van der Waals surface area contributed by atoms with E-state index in [4.69, 9.17) is 15.1 Å². The smallest absolute Gasteiger partial charge is 0.328 e. The zero-order valence-electron chi connectivity index (χ0n) is 11.4. The second-order valence-electron chi connectivity index (χ2n) is 4.75. The molecule has 0 aromatic heterocycles. The van der Waals surface area contributed by atoms with Gasteiger partial charge in [0.05, 0.1) is 0 Å². The second kappa shape index (κ2) is 8.31. The summed E-state index contributed by atoms with van der Waals surface area (Å²) < 4.78 is 0.